The van der Waals surface area contributed by atoms with Crippen molar-refractivity contribution < 1.29 is 29.0 Å². The molecule has 0 aromatic carbocycles. The van der Waals surface area contributed by atoms with E-state index < -0.39 is 36.2 Å². The van der Waals surface area contributed by atoms with E-state index in [2.05, 4.69) is 15.4 Å². The molecule has 3 N–H and O–H groups in total. The lowest BCUT2D eigenvalue weighted by molar-refractivity contribution is -0.146. The SMILES string of the molecule is COC(=O)[C@H](CO)NC(=O)CC[C@@H](NC(=O)OC(C)(C)C)C(C)C. The van der Waals surface area contributed by atoms with Gasteiger partial charge in [0.05, 0.1) is 13.7 Å². The van der Waals surface area contributed by atoms with Crippen LogP contribution in [0.1, 0.15) is 47.5 Å². The number of methoxy groups -OCH3 is 1. The molecule has 140 valence electrons. The van der Waals surface area contributed by atoms with Gasteiger partial charge in [-0.3, -0.25) is 4.79 Å². The van der Waals surface area contributed by atoms with E-state index in [-0.39, 0.29) is 18.4 Å². The Bertz CT molecular complexity index is 431. The topological polar surface area (TPSA) is 114 Å². The van der Waals surface area contributed by atoms with Crippen molar-refractivity contribution in [3.05, 3.63) is 0 Å². The van der Waals surface area contributed by atoms with E-state index in [0.29, 0.717) is 6.42 Å². The number of esters is 1. The number of amides is 2. The summed E-state index contributed by atoms with van der Waals surface area (Å²) in [6.07, 6.45) is -0.0711. The number of carbonyl (C=O) groups is 3. The smallest absolute Gasteiger partial charge is 0.407 e. The first-order valence-electron chi connectivity index (χ1n) is 7.97. The van der Waals surface area contributed by atoms with Crippen molar-refractivity contribution in [3.8, 4) is 0 Å². The van der Waals surface area contributed by atoms with Crippen molar-refractivity contribution in [2.24, 2.45) is 5.92 Å². The van der Waals surface area contributed by atoms with Gasteiger partial charge in [0.1, 0.15) is 5.60 Å². The van der Waals surface area contributed by atoms with Crippen molar-refractivity contribution in [1.82, 2.24) is 10.6 Å². The van der Waals surface area contributed by atoms with Gasteiger partial charge in [-0.1, -0.05) is 13.8 Å². The van der Waals surface area contributed by atoms with Crippen molar-refractivity contribution in [2.45, 2.75) is 65.1 Å². The Morgan fingerprint density at radius 3 is 2.12 bits per heavy atom. The Labute approximate surface area is 143 Å². The fourth-order valence-electron chi connectivity index (χ4n) is 1.91. The maximum Gasteiger partial charge on any atom is 0.407 e. The van der Waals surface area contributed by atoms with Gasteiger partial charge in [0, 0.05) is 12.5 Å². The van der Waals surface area contributed by atoms with Crippen LogP contribution < -0.4 is 10.6 Å². The first kappa shape index (κ1) is 22.2. The van der Waals surface area contributed by atoms with Crippen LogP contribution in [0.25, 0.3) is 0 Å². The van der Waals surface area contributed by atoms with Crippen LogP contribution in [0, 0.1) is 5.92 Å². The number of alkyl carbamates (subject to hydrolysis) is 1. The Hall–Kier alpha value is -1.83. The van der Waals surface area contributed by atoms with Crippen LogP contribution >= 0.6 is 0 Å². The predicted molar refractivity (Wildman–Crippen MR) is 88.3 cm³/mol. The summed E-state index contributed by atoms with van der Waals surface area (Å²) in [5.74, 6) is -1.02. The third-order valence-corrected chi connectivity index (χ3v) is 3.19. The Morgan fingerprint density at radius 1 is 1.12 bits per heavy atom. The van der Waals surface area contributed by atoms with E-state index in [0.717, 1.165) is 0 Å². The van der Waals surface area contributed by atoms with Gasteiger partial charge in [0.25, 0.3) is 0 Å². The second kappa shape index (κ2) is 10.1. The maximum atomic E-state index is 11.9. The summed E-state index contributed by atoms with van der Waals surface area (Å²) in [6.45, 7) is 8.61. The number of ether oxygens (including phenoxy) is 2. The highest BCUT2D eigenvalue weighted by Gasteiger charge is 2.24. The minimum atomic E-state index is -1.08. The minimum absolute atomic E-state index is 0.0894. The van der Waals surface area contributed by atoms with E-state index in [1.165, 1.54) is 7.11 Å². The van der Waals surface area contributed by atoms with Gasteiger partial charge in [-0.05, 0) is 33.1 Å². The van der Waals surface area contributed by atoms with Crippen LogP contribution in [0.2, 0.25) is 0 Å². The molecule has 0 bridgehead atoms. The Balaban J connectivity index is 4.51. The van der Waals surface area contributed by atoms with Crippen LogP contribution in [0.4, 0.5) is 4.79 Å². The van der Waals surface area contributed by atoms with Crippen LogP contribution in [-0.4, -0.2) is 54.5 Å². The van der Waals surface area contributed by atoms with E-state index in [9.17, 15) is 14.4 Å². The molecule has 0 unspecified atom stereocenters. The fraction of sp³-hybridized carbons (Fsp3) is 0.812. The molecule has 0 saturated carbocycles. The summed E-state index contributed by atoms with van der Waals surface area (Å²) in [5, 5.41) is 14.2. The van der Waals surface area contributed by atoms with Crippen molar-refractivity contribution in [1.29, 1.82) is 0 Å². The van der Waals surface area contributed by atoms with Crippen LogP contribution in [0.15, 0.2) is 0 Å². The molecule has 0 aromatic rings. The zero-order chi connectivity index (χ0) is 18.9. The monoisotopic (exact) mass is 346 g/mol. The van der Waals surface area contributed by atoms with Gasteiger partial charge in [0.15, 0.2) is 6.04 Å². The van der Waals surface area contributed by atoms with Crippen molar-refractivity contribution in [2.75, 3.05) is 13.7 Å². The normalized spacial score (nSPS) is 13.8. The summed E-state index contributed by atoms with van der Waals surface area (Å²) >= 11 is 0. The number of aliphatic hydroxyl groups is 1. The quantitative estimate of drug-likeness (QED) is 0.564. The second-order valence-electron chi connectivity index (χ2n) is 6.86. The highest BCUT2D eigenvalue weighted by molar-refractivity contribution is 5.84. The number of aliphatic hydroxyl groups excluding tert-OH is 1. The van der Waals surface area contributed by atoms with E-state index in [1.54, 1.807) is 20.8 Å². The molecular formula is C16H30N2O6. The summed E-state index contributed by atoms with van der Waals surface area (Å²) < 4.78 is 9.69. The largest absolute Gasteiger partial charge is 0.467 e. The maximum absolute atomic E-state index is 11.9. The zero-order valence-corrected chi connectivity index (χ0v) is 15.3. The van der Waals surface area contributed by atoms with Gasteiger partial charge in [0.2, 0.25) is 5.91 Å². The molecule has 0 spiro atoms. The molecule has 0 aliphatic rings. The second-order valence-corrected chi connectivity index (χ2v) is 6.86. The van der Waals surface area contributed by atoms with Crippen molar-refractivity contribution in [3.63, 3.8) is 0 Å². The molecule has 24 heavy (non-hydrogen) atoms. The molecule has 8 nitrogen and oxygen atoms in total. The molecule has 0 fully saturated rings. The highest BCUT2D eigenvalue weighted by Crippen LogP contribution is 2.12. The third-order valence-electron chi connectivity index (χ3n) is 3.19. The number of hydrogen-bond donors (Lipinski definition) is 3. The molecule has 0 rings (SSSR count). The van der Waals surface area contributed by atoms with Gasteiger partial charge >= 0.3 is 12.1 Å². The highest BCUT2D eigenvalue weighted by atomic mass is 16.6. The number of carbonyl (C=O) groups excluding carboxylic acids is 3. The molecule has 0 heterocycles. The average molecular weight is 346 g/mol. The van der Waals surface area contributed by atoms with Crippen LogP contribution in [0.5, 0.6) is 0 Å². The van der Waals surface area contributed by atoms with E-state index in [1.807, 2.05) is 13.8 Å². The molecule has 0 aromatic heterocycles. The molecule has 0 aliphatic carbocycles. The fourth-order valence-corrected chi connectivity index (χ4v) is 1.91. The van der Waals surface area contributed by atoms with Gasteiger partial charge in [-0.15, -0.1) is 0 Å². The minimum Gasteiger partial charge on any atom is -0.467 e. The lowest BCUT2D eigenvalue weighted by Crippen LogP contribution is -2.45. The van der Waals surface area contributed by atoms with Gasteiger partial charge < -0.3 is 25.2 Å². The Kier molecular flexibility index (Phi) is 9.35. The standard InChI is InChI=1S/C16H30N2O6/c1-10(2)11(18-15(22)24-16(3,4)5)7-8-13(20)17-12(9-19)14(21)23-6/h10-12,19H,7-9H2,1-6H3,(H,17,20)(H,18,22)/t11-,12+/m1/s1. The summed E-state index contributed by atoms with van der Waals surface area (Å²) in [4.78, 5) is 35.1. The molecule has 0 radical (unpaired) electrons. The molecular weight excluding hydrogens is 316 g/mol. The molecule has 2 amide bonds. The summed E-state index contributed by atoms with van der Waals surface area (Å²) in [5.41, 5.74) is -0.599. The molecule has 8 heteroatoms. The number of nitrogens with one attached hydrogen (secondary N) is 2. The first-order valence-corrected chi connectivity index (χ1v) is 7.97. The summed E-state index contributed by atoms with van der Waals surface area (Å²) in [7, 11) is 1.18. The third kappa shape index (κ3) is 9.34. The van der Waals surface area contributed by atoms with Crippen molar-refractivity contribution >= 4 is 18.0 Å². The lowest BCUT2D eigenvalue weighted by Gasteiger charge is -2.25. The molecule has 0 saturated heterocycles. The Morgan fingerprint density at radius 2 is 1.71 bits per heavy atom. The van der Waals surface area contributed by atoms with E-state index in [4.69, 9.17) is 9.84 Å². The number of hydrogen-bond acceptors (Lipinski definition) is 6. The van der Waals surface area contributed by atoms with Gasteiger partial charge in [-0.2, -0.15) is 0 Å². The average Bonchev–Trinajstić information content (AvgIpc) is 2.45. The predicted octanol–water partition coefficient (Wildman–Crippen LogP) is 0.966. The van der Waals surface area contributed by atoms with Crippen LogP contribution in [0.3, 0.4) is 0 Å². The first-order chi connectivity index (χ1) is 11.0. The van der Waals surface area contributed by atoms with E-state index >= 15 is 0 Å². The summed E-state index contributed by atoms with van der Waals surface area (Å²) in [6, 6.07) is -1.34. The van der Waals surface area contributed by atoms with Gasteiger partial charge in [-0.25, -0.2) is 9.59 Å². The molecule has 2 atom stereocenters. The zero-order valence-electron chi connectivity index (χ0n) is 15.3. The lowest BCUT2D eigenvalue weighted by atomic mass is 9.99. The van der Waals surface area contributed by atoms with Crippen LogP contribution in [-0.2, 0) is 19.1 Å². The number of rotatable bonds is 8. The molecule has 0 aliphatic heterocycles.